The molecule has 0 saturated carbocycles. The molecule has 3 aromatic rings. The third kappa shape index (κ3) is 6.03. The molecule has 4 rings (SSSR count). The monoisotopic (exact) mass is 473 g/mol. The molecule has 34 heavy (non-hydrogen) atoms. The van der Waals surface area contributed by atoms with Crippen molar-refractivity contribution in [1.29, 1.82) is 0 Å². The molecule has 2 aromatic heterocycles. The average Bonchev–Trinajstić information content (AvgIpc) is 2.80. The van der Waals surface area contributed by atoms with E-state index in [9.17, 15) is 18.0 Å². The van der Waals surface area contributed by atoms with Gasteiger partial charge in [-0.05, 0) is 43.3 Å². The largest absolute Gasteiger partial charge is 0.573 e. The Hall–Kier alpha value is -4.09. The Kier molecular flexibility index (Phi) is 6.66. The molecular weight excluding hydrogens is 451 g/mol. The number of amides is 2. The molecule has 0 aliphatic carbocycles. The smallest absolute Gasteiger partial charge is 0.404 e. The van der Waals surface area contributed by atoms with E-state index in [0.717, 1.165) is 11.8 Å². The molecule has 0 unspecified atom stereocenters. The summed E-state index contributed by atoms with van der Waals surface area (Å²) in [6.45, 7) is 3.62. The van der Waals surface area contributed by atoms with E-state index in [0.29, 0.717) is 43.6 Å². The van der Waals surface area contributed by atoms with Crippen LogP contribution in [-0.2, 0) is 0 Å². The van der Waals surface area contributed by atoms with Gasteiger partial charge in [-0.2, -0.15) is 0 Å². The first-order chi connectivity index (χ1) is 16.3. The van der Waals surface area contributed by atoms with Crippen LogP contribution in [0.25, 0.3) is 0 Å². The van der Waals surface area contributed by atoms with Crippen LogP contribution in [0.15, 0.2) is 54.6 Å². The normalized spacial score (nSPS) is 14.0. The number of para-hydroxylation sites is 2. The highest BCUT2D eigenvalue weighted by Crippen LogP contribution is 2.30. The van der Waals surface area contributed by atoms with Crippen LogP contribution in [-0.4, -0.2) is 58.7 Å². The Balaban J connectivity index is 1.31. The number of piperazine rings is 1. The van der Waals surface area contributed by atoms with Crippen molar-refractivity contribution in [3.8, 4) is 5.75 Å². The molecule has 9 nitrogen and oxygen atoms in total. The third-order valence-electron chi connectivity index (χ3n) is 5.04. The third-order valence-corrected chi connectivity index (χ3v) is 5.04. The van der Waals surface area contributed by atoms with E-state index in [-0.39, 0.29) is 5.69 Å². The van der Waals surface area contributed by atoms with Crippen LogP contribution in [0, 0.1) is 6.92 Å². The molecule has 1 aliphatic heterocycles. The van der Waals surface area contributed by atoms with E-state index in [1.165, 1.54) is 23.1 Å². The van der Waals surface area contributed by atoms with Gasteiger partial charge in [-0.15, -0.1) is 23.4 Å². The molecule has 0 bridgehead atoms. The number of ether oxygens (including phenoxy) is 1. The molecule has 1 aromatic carbocycles. The van der Waals surface area contributed by atoms with Crippen LogP contribution >= 0.6 is 0 Å². The first-order valence-electron chi connectivity index (χ1n) is 10.5. The van der Waals surface area contributed by atoms with E-state index in [1.54, 1.807) is 6.07 Å². The summed E-state index contributed by atoms with van der Waals surface area (Å²) in [6.07, 6.45) is -4.85. The summed E-state index contributed by atoms with van der Waals surface area (Å²) in [5.41, 5.74) is 0.831. The lowest BCUT2D eigenvalue weighted by atomic mass is 10.3. The maximum Gasteiger partial charge on any atom is 0.573 e. The minimum Gasteiger partial charge on any atom is -0.404 e. The van der Waals surface area contributed by atoms with Crippen LogP contribution in [0.3, 0.4) is 0 Å². The SMILES string of the molecule is Cc1cccc(Nc2ccc(N3CCN(C(=O)Nc4ccccc4OC(F)(F)F)CC3)nn2)n1. The Morgan fingerprint density at radius 2 is 1.71 bits per heavy atom. The number of anilines is 4. The molecule has 2 amide bonds. The summed E-state index contributed by atoms with van der Waals surface area (Å²) in [5.74, 6) is 1.42. The lowest BCUT2D eigenvalue weighted by Gasteiger charge is -2.35. The van der Waals surface area contributed by atoms with E-state index in [4.69, 9.17) is 0 Å². The minimum absolute atomic E-state index is 0.0516. The maximum absolute atomic E-state index is 12.6. The van der Waals surface area contributed by atoms with Crippen molar-refractivity contribution in [2.75, 3.05) is 41.7 Å². The fraction of sp³-hybridized carbons (Fsp3) is 0.273. The summed E-state index contributed by atoms with van der Waals surface area (Å²) in [4.78, 5) is 20.4. The second kappa shape index (κ2) is 9.81. The number of carbonyl (C=O) groups excluding carboxylic acids is 1. The Labute approximate surface area is 193 Å². The number of urea groups is 1. The number of nitrogens with zero attached hydrogens (tertiary/aromatic N) is 5. The van der Waals surface area contributed by atoms with E-state index >= 15 is 0 Å². The van der Waals surface area contributed by atoms with Gasteiger partial charge in [-0.25, -0.2) is 9.78 Å². The minimum atomic E-state index is -4.85. The standard InChI is InChI=1S/C22H22F3N7O2/c1-15-5-4-8-18(26-15)28-19-9-10-20(30-29-19)31-11-13-32(14-12-31)21(33)27-16-6-2-3-7-17(16)34-22(23,24)25/h2-10H,11-14H2,1H3,(H,27,33)(H,26,28,29). The highest BCUT2D eigenvalue weighted by atomic mass is 19.4. The zero-order valence-electron chi connectivity index (χ0n) is 18.2. The number of halogens is 3. The number of benzene rings is 1. The Morgan fingerprint density at radius 1 is 0.941 bits per heavy atom. The maximum atomic E-state index is 12.6. The van der Waals surface area contributed by atoms with E-state index in [1.807, 2.05) is 36.1 Å². The van der Waals surface area contributed by atoms with Crippen LogP contribution in [0.4, 0.5) is 41.1 Å². The number of alkyl halides is 3. The van der Waals surface area contributed by atoms with Crippen molar-refractivity contribution >= 4 is 29.2 Å². The molecular formula is C22H22F3N7O2. The number of hydrogen-bond donors (Lipinski definition) is 2. The average molecular weight is 473 g/mol. The number of nitrogens with one attached hydrogen (secondary N) is 2. The number of aryl methyl sites for hydroxylation is 1. The van der Waals surface area contributed by atoms with Gasteiger partial charge >= 0.3 is 12.4 Å². The number of carbonyl (C=O) groups is 1. The summed E-state index contributed by atoms with van der Waals surface area (Å²) in [7, 11) is 0. The molecule has 1 aliphatic rings. The van der Waals surface area contributed by atoms with Crippen LogP contribution < -0.4 is 20.3 Å². The lowest BCUT2D eigenvalue weighted by molar-refractivity contribution is -0.274. The Morgan fingerprint density at radius 3 is 2.38 bits per heavy atom. The summed E-state index contributed by atoms with van der Waals surface area (Å²) in [6, 6.07) is 14.2. The molecule has 2 N–H and O–H groups in total. The van der Waals surface area contributed by atoms with Gasteiger partial charge in [0.25, 0.3) is 0 Å². The molecule has 0 spiro atoms. The van der Waals surface area contributed by atoms with Gasteiger partial charge in [0.05, 0.1) is 5.69 Å². The van der Waals surface area contributed by atoms with E-state index in [2.05, 4.69) is 30.6 Å². The predicted octanol–water partition coefficient (Wildman–Crippen LogP) is 4.18. The highest BCUT2D eigenvalue weighted by molar-refractivity contribution is 5.91. The molecule has 0 radical (unpaired) electrons. The first kappa shape index (κ1) is 23.1. The molecule has 1 saturated heterocycles. The van der Waals surface area contributed by atoms with Crippen molar-refractivity contribution in [2.24, 2.45) is 0 Å². The van der Waals surface area contributed by atoms with Crippen molar-refractivity contribution in [3.63, 3.8) is 0 Å². The van der Waals surface area contributed by atoms with Gasteiger partial charge in [0, 0.05) is 31.9 Å². The second-order valence-corrected chi connectivity index (χ2v) is 7.51. The quantitative estimate of drug-likeness (QED) is 0.574. The predicted molar refractivity (Wildman–Crippen MR) is 120 cm³/mol. The summed E-state index contributed by atoms with van der Waals surface area (Å²) in [5, 5.41) is 14.0. The molecule has 3 heterocycles. The van der Waals surface area contributed by atoms with Crippen molar-refractivity contribution in [1.82, 2.24) is 20.1 Å². The molecule has 178 valence electrons. The van der Waals surface area contributed by atoms with Crippen molar-refractivity contribution in [2.45, 2.75) is 13.3 Å². The number of aromatic nitrogens is 3. The Bertz CT molecular complexity index is 1130. The van der Waals surface area contributed by atoms with Crippen LogP contribution in [0.2, 0.25) is 0 Å². The summed E-state index contributed by atoms with van der Waals surface area (Å²) >= 11 is 0. The zero-order chi connectivity index (χ0) is 24.1. The number of pyridine rings is 1. The zero-order valence-corrected chi connectivity index (χ0v) is 18.2. The summed E-state index contributed by atoms with van der Waals surface area (Å²) < 4.78 is 41.8. The highest BCUT2D eigenvalue weighted by Gasteiger charge is 2.32. The first-order valence-corrected chi connectivity index (χ1v) is 10.5. The van der Waals surface area contributed by atoms with Crippen LogP contribution in [0.5, 0.6) is 5.75 Å². The van der Waals surface area contributed by atoms with E-state index < -0.39 is 18.1 Å². The fourth-order valence-electron chi connectivity index (χ4n) is 3.42. The molecule has 0 atom stereocenters. The lowest BCUT2D eigenvalue weighted by Crippen LogP contribution is -2.50. The topological polar surface area (TPSA) is 95.5 Å². The van der Waals surface area contributed by atoms with Crippen molar-refractivity contribution < 1.29 is 22.7 Å². The van der Waals surface area contributed by atoms with Gasteiger partial charge in [0.1, 0.15) is 5.82 Å². The van der Waals surface area contributed by atoms with Crippen LogP contribution in [0.1, 0.15) is 5.69 Å². The van der Waals surface area contributed by atoms with Gasteiger partial charge in [0.15, 0.2) is 17.4 Å². The van der Waals surface area contributed by atoms with Crippen molar-refractivity contribution in [3.05, 3.63) is 60.3 Å². The van der Waals surface area contributed by atoms with Gasteiger partial charge in [-0.3, -0.25) is 0 Å². The molecule has 1 fully saturated rings. The number of rotatable bonds is 5. The fourth-order valence-corrected chi connectivity index (χ4v) is 3.42. The van der Waals surface area contributed by atoms with Gasteiger partial charge in [-0.1, -0.05) is 18.2 Å². The number of hydrogen-bond acceptors (Lipinski definition) is 7. The molecule has 12 heteroatoms. The van der Waals surface area contributed by atoms with Gasteiger partial charge in [0.2, 0.25) is 0 Å². The van der Waals surface area contributed by atoms with Gasteiger partial charge < -0.3 is 25.2 Å². The second-order valence-electron chi connectivity index (χ2n) is 7.51.